The highest BCUT2D eigenvalue weighted by atomic mass is 32.1. The molecule has 0 aliphatic carbocycles. The summed E-state index contributed by atoms with van der Waals surface area (Å²) in [5.41, 5.74) is 2.17. The number of anilines is 3. The molecule has 0 spiro atoms. The Hall–Kier alpha value is -4.60. The van der Waals surface area contributed by atoms with Gasteiger partial charge in [-0.1, -0.05) is 6.07 Å². The van der Waals surface area contributed by atoms with E-state index in [9.17, 15) is 19.6 Å². The summed E-state index contributed by atoms with van der Waals surface area (Å²) in [5, 5.41) is 15.3. The van der Waals surface area contributed by atoms with Gasteiger partial charge in [0.05, 0.1) is 13.7 Å². The Morgan fingerprint density at radius 2 is 1.84 bits per heavy atom. The first kappa shape index (κ1) is 31.3. The summed E-state index contributed by atoms with van der Waals surface area (Å²) in [4.78, 5) is 44.6. The summed E-state index contributed by atoms with van der Waals surface area (Å²) >= 11 is 1.08. The van der Waals surface area contributed by atoms with Crippen LogP contribution < -0.4 is 39.9 Å². The van der Waals surface area contributed by atoms with E-state index >= 15 is 0 Å². The Balaban J connectivity index is 1.42. The van der Waals surface area contributed by atoms with Gasteiger partial charge in [0.2, 0.25) is 5.91 Å². The second-order valence-electron chi connectivity index (χ2n) is 9.92. The van der Waals surface area contributed by atoms with Crippen LogP contribution in [0.1, 0.15) is 13.8 Å². The molecule has 2 heterocycles. The average Bonchev–Trinajstić information content (AvgIpc) is 3.35. The van der Waals surface area contributed by atoms with E-state index < -0.39 is 5.91 Å². The van der Waals surface area contributed by atoms with Gasteiger partial charge in [-0.3, -0.25) is 23.9 Å². The third kappa shape index (κ3) is 7.43. The molecule has 1 aliphatic heterocycles. The Morgan fingerprint density at radius 1 is 1.12 bits per heavy atom. The molecule has 0 bridgehead atoms. The van der Waals surface area contributed by atoms with Crippen molar-refractivity contribution in [3.63, 3.8) is 0 Å². The first-order valence-electron chi connectivity index (χ1n) is 14.2. The van der Waals surface area contributed by atoms with Crippen molar-refractivity contribution in [2.45, 2.75) is 20.4 Å². The van der Waals surface area contributed by atoms with E-state index in [4.69, 9.17) is 4.74 Å². The highest BCUT2D eigenvalue weighted by molar-refractivity contribution is 7.07. The molecule has 43 heavy (non-hydrogen) atoms. The van der Waals surface area contributed by atoms with Gasteiger partial charge in [0.15, 0.2) is 5.57 Å². The minimum atomic E-state index is -0.507. The molecule has 1 fully saturated rings. The van der Waals surface area contributed by atoms with Crippen LogP contribution in [0, 0.1) is 11.3 Å². The lowest BCUT2D eigenvalue weighted by molar-refractivity contribution is -0.119. The summed E-state index contributed by atoms with van der Waals surface area (Å²) in [6.07, 6.45) is 1.57. The minimum Gasteiger partial charge on any atom is -0.497 e. The molecule has 1 aliphatic rings. The number of hydrogen-bond donors (Lipinski definition) is 2. The molecule has 0 saturated carbocycles. The molecular formula is C31H37N7O4S. The average molecular weight is 604 g/mol. The van der Waals surface area contributed by atoms with Crippen molar-refractivity contribution < 1.29 is 14.3 Å². The lowest BCUT2D eigenvalue weighted by Crippen LogP contribution is -2.49. The molecule has 0 atom stereocenters. The van der Waals surface area contributed by atoms with Gasteiger partial charge in [-0.15, -0.1) is 11.3 Å². The second-order valence-corrected chi connectivity index (χ2v) is 11.0. The Bertz CT molecular complexity index is 1670. The van der Waals surface area contributed by atoms with Gasteiger partial charge in [-0.05, 0) is 56.3 Å². The third-order valence-electron chi connectivity index (χ3n) is 7.26. The van der Waals surface area contributed by atoms with Crippen LogP contribution in [0.25, 0.3) is 11.8 Å². The lowest BCUT2D eigenvalue weighted by Gasteiger charge is -2.36. The fraction of sp³-hybridized carbons (Fsp3) is 0.355. The maximum atomic E-state index is 13.2. The number of amides is 2. The number of ether oxygens (including phenoxy) is 1. The molecule has 0 radical (unpaired) electrons. The van der Waals surface area contributed by atoms with Crippen LogP contribution in [0.4, 0.5) is 17.1 Å². The Kier molecular flexibility index (Phi) is 10.6. The predicted molar refractivity (Wildman–Crippen MR) is 171 cm³/mol. The van der Waals surface area contributed by atoms with Crippen LogP contribution in [-0.4, -0.2) is 74.7 Å². The van der Waals surface area contributed by atoms with E-state index in [2.05, 4.69) is 32.6 Å². The number of thiazole rings is 1. The van der Waals surface area contributed by atoms with Gasteiger partial charge in [-0.25, -0.2) is 0 Å². The van der Waals surface area contributed by atoms with E-state index in [1.54, 1.807) is 39.1 Å². The van der Waals surface area contributed by atoms with Gasteiger partial charge >= 0.3 is 0 Å². The zero-order valence-corrected chi connectivity index (χ0v) is 25.7. The smallest absolute Gasteiger partial charge is 0.270 e. The number of nitrogens with zero attached hydrogens (tertiary/aromatic N) is 5. The fourth-order valence-corrected chi connectivity index (χ4v) is 5.88. The van der Waals surface area contributed by atoms with E-state index in [0.29, 0.717) is 34.5 Å². The molecule has 0 unspecified atom stereocenters. The van der Waals surface area contributed by atoms with Crippen LogP contribution in [0.15, 0.2) is 53.3 Å². The van der Waals surface area contributed by atoms with Crippen molar-refractivity contribution in [3.05, 3.63) is 68.1 Å². The molecule has 1 saturated heterocycles. The molecule has 4 rings (SSSR count). The second kappa shape index (κ2) is 14.5. The number of carbonyl (C=O) groups is 2. The molecule has 12 heteroatoms. The van der Waals surface area contributed by atoms with Crippen molar-refractivity contribution in [2.24, 2.45) is 0 Å². The highest BCUT2D eigenvalue weighted by Gasteiger charge is 2.21. The van der Waals surface area contributed by atoms with Crippen molar-refractivity contribution >= 4 is 52.0 Å². The monoisotopic (exact) mass is 603 g/mol. The third-order valence-corrected chi connectivity index (χ3v) is 8.39. The number of hydrogen-bond acceptors (Lipinski definition) is 9. The Labute approximate surface area is 254 Å². The van der Waals surface area contributed by atoms with E-state index in [-0.39, 0.29) is 17.0 Å². The van der Waals surface area contributed by atoms with Crippen molar-refractivity contribution in [1.29, 1.82) is 5.26 Å². The SMILES string of the molecule is CCNC(=O)/C(C#N)=c1\s/c(=C/Nc2cccc(N(C)C(=O)CN3CCN(c4ccc(OC)cc4)CC3)c2)c(=O)n1CC. The number of piperazine rings is 1. The fourth-order valence-electron chi connectivity index (χ4n) is 4.79. The number of likely N-dealkylation sites (N-methyl/N-ethyl adjacent to an activating group) is 1. The zero-order chi connectivity index (χ0) is 30.9. The number of nitriles is 1. The minimum absolute atomic E-state index is 0.0160. The van der Waals surface area contributed by atoms with Crippen LogP contribution in [0.2, 0.25) is 0 Å². The molecule has 2 N–H and O–H groups in total. The molecule has 11 nitrogen and oxygen atoms in total. The van der Waals surface area contributed by atoms with Crippen molar-refractivity contribution in [2.75, 3.05) is 68.5 Å². The summed E-state index contributed by atoms with van der Waals surface area (Å²) in [6.45, 7) is 7.80. The molecule has 226 valence electrons. The van der Waals surface area contributed by atoms with Gasteiger partial charge in [0.25, 0.3) is 11.5 Å². The number of nitrogens with one attached hydrogen (secondary N) is 2. The summed E-state index contributed by atoms with van der Waals surface area (Å²) in [5.74, 6) is 0.305. The molecule has 1 aromatic heterocycles. The Morgan fingerprint density at radius 3 is 2.47 bits per heavy atom. The maximum absolute atomic E-state index is 13.2. The summed E-state index contributed by atoms with van der Waals surface area (Å²) in [6, 6.07) is 17.3. The van der Waals surface area contributed by atoms with Crippen LogP contribution in [-0.2, 0) is 16.1 Å². The van der Waals surface area contributed by atoms with Gasteiger partial charge < -0.3 is 25.2 Å². The normalized spacial score (nSPS) is 14.6. The lowest BCUT2D eigenvalue weighted by atomic mass is 10.2. The summed E-state index contributed by atoms with van der Waals surface area (Å²) in [7, 11) is 3.41. The molecular weight excluding hydrogens is 566 g/mol. The zero-order valence-electron chi connectivity index (χ0n) is 24.9. The standard InChI is InChI=1S/C31H37N7O4S/c1-5-33-29(40)26(19-32)31-38(6-2)30(41)27(43-31)20-34-22-8-7-9-24(18-22)35(3)28(39)21-36-14-16-37(17-15-36)23-10-12-25(42-4)13-11-23/h7-13,18,20,34H,5-6,14-17,21H2,1-4H3,(H,33,40)/b27-20+,31-26-. The van der Waals surface area contributed by atoms with Gasteiger partial charge in [0.1, 0.15) is 21.0 Å². The predicted octanol–water partition coefficient (Wildman–Crippen LogP) is 1.38. The van der Waals surface area contributed by atoms with Crippen LogP contribution in [0.5, 0.6) is 5.75 Å². The number of methoxy groups -OCH3 is 1. The van der Waals surface area contributed by atoms with Crippen molar-refractivity contribution in [3.8, 4) is 11.8 Å². The molecule has 2 aromatic carbocycles. The first-order chi connectivity index (χ1) is 20.8. The van der Waals surface area contributed by atoms with E-state index in [1.165, 1.54) is 4.57 Å². The maximum Gasteiger partial charge on any atom is 0.270 e. The summed E-state index contributed by atoms with van der Waals surface area (Å²) < 4.78 is 7.35. The van der Waals surface area contributed by atoms with E-state index in [0.717, 1.165) is 54.6 Å². The highest BCUT2D eigenvalue weighted by Crippen LogP contribution is 2.21. The molecule has 3 aromatic rings. The van der Waals surface area contributed by atoms with Gasteiger partial charge in [-0.2, -0.15) is 5.26 Å². The van der Waals surface area contributed by atoms with E-state index in [1.807, 2.05) is 42.5 Å². The number of carbonyl (C=O) groups excluding carboxylic acids is 2. The van der Waals surface area contributed by atoms with Crippen LogP contribution >= 0.6 is 11.3 Å². The number of aromatic nitrogens is 1. The molecule has 2 amide bonds. The first-order valence-corrected chi connectivity index (χ1v) is 15.0. The van der Waals surface area contributed by atoms with Gasteiger partial charge in [0, 0.05) is 69.6 Å². The number of benzene rings is 2. The number of rotatable bonds is 10. The van der Waals surface area contributed by atoms with Crippen LogP contribution in [0.3, 0.4) is 0 Å². The topological polar surface area (TPSA) is 123 Å². The largest absolute Gasteiger partial charge is 0.497 e. The van der Waals surface area contributed by atoms with Crippen molar-refractivity contribution in [1.82, 2.24) is 14.8 Å². The quantitative estimate of drug-likeness (QED) is 0.357.